The fourth-order valence-corrected chi connectivity index (χ4v) is 3.52. The summed E-state index contributed by atoms with van der Waals surface area (Å²) in [5.41, 5.74) is 0. The number of carbonyl (C=O) groups is 1. The molecule has 110 valence electrons. The van der Waals surface area contributed by atoms with Crippen LogP contribution in [-0.2, 0) is 4.79 Å². The Kier molecular flexibility index (Phi) is 5.22. The van der Waals surface area contributed by atoms with Crippen LogP contribution in [0.3, 0.4) is 0 Å². The second-order valence-electron chi connectivity index (χ2n) is 6.49. The predicted molar refractivity (Wildman–Crippen MR) is 78.1 cm³/mol. The number of nitrogens with zero attached hydrogens (tertiary/aromatic N) is 2. The van der Waals surface area contributed by atoms with Crippen LogP contribution in [-0.4, -0.2) is 61.0 Å². The Labute approximate surface area is 117 Å². The van der Waals surface area contributed by atoms with Crippen LogP contribution in [0.5, 0.6) is 0 Å². The molecule has 1 N–H and O–H groups in total. The molecule has 2 rings (SSSR count). The van der Waals surface area contributed by atoms with Gasteiger partial charge in [-0.2, -0.15) is 0 Å². The number of amides is 1. The summed E-state index contributed by atoms with van der Waals surface area (Å²) >= 11 is 0. The van der Waals surface area contributed by atoms with Crippen molar-refractivity contribution in [2.24, 2.45) is 5.92 Å². The number of hydrogen-bond acceptors (Lipinski definition) is 3. The van der Waals surface area contributed by atoms with Gasteiger partial charge in [0.05, 0.1) is 6.04 Å². The third-order valence-corrected chi connectivity index (χ3v) is 4.37. The standard InChI is InChI=1S/C15H29N3O/c1-12(2)11-17(3)15(19)14-5-4-10-18(14)13-6-8-16-9-7-13/h12-14,16H,4-11H2,1-3H3. The average Bonchev–Trinajstić information content (AvgIpc) is 2.87. The summed E-state index contributed by atoms with van der Waals surface area (Å²) < 4.78 is 0. The lowest BCUT2D eigenvalue weighted by molar-refractivity contribution is -0.136. The molecule has 0 bridgehead atoms. The van der Waals surface area contributed by atoms with Gasteiger partial charge in [0.1, 0.15) is 0 Å². The van der Waals surface area contributed by atoms with Crippen molar-refractivity contribution in [2.75, 3.05) is 33.2 Å². The quantitative estimate of drug-likeness (QED) is 0.834. The van der Waals surface area contributed by atoms with Gasteiger partial charge in [-0.3, -0.25) is 9.69 Å². The lowest BCUT2D eigenvalue weighted by Gasteiger charge is -2.36. The van der Waals surface area contributed by atoms with Crippen molar-refractivity contribution in [3.8, 4) is 0 Å². The first-order valence-electron chi connectivity index (χ1n) is 7.81. The van der Waals surface area contributed by atoms with Gasteiger partial charge in [-0.15, -0.1) is 0 Å². The van der Waals surface area contributed by atoms with Gasteiger partial charge < -0.3 is 10.2 Å². The summed E-state index contributed by atoms with van der Waals surface area (Å²) in [6.07, 6.45) is 4.61. The number of carbonyl (C=O) groups excluding carboxylic acids is 1. The Morgan fingerprint density at radius 1 is 1.32 bits per heavy atom. The lowest BCUT2D eigenvalue weighted by Crippen LogP contribution is -2.51. The van der Waals surface area contributed by atoms with E-state index in [9.17, 15) is 4.79 Å². The molecule has 4 heteroatoms. The molecular weight excluding hydrogens is 238 g/mol. The molecule has 2 saturated heterocycles. The largest absolute Gasteiger partial charge is 0.344 e. The van der Waals surface area contributed by atoms with Crippen molar-refractivity contribution in [1.82, 2.24) is 15.1 Å². The number of hydrogen-bond donors (Lipinski definition) is 1. The van der Waals surface area contributed by atoms with Crippen molar-refractivity contribution in [3.05, 3.63) is 0 Å². The number of likely N-dealkylation sites (N-methyl/N-ethyl adjacent to an activating group) is 1. The molecule has 1 unspecified atom stereocenters. The number of piperidine rings is 1. The third-order valence-electron chi connectivity index (χ3n) is 4.37. The van der Waals surface area contributed by atoms with Gasteiger partial charge >= 0.3 is 0 Å². The summed E-state index contributed by atoms with van der Waals surface area (Å²) in [5.74, 6) is 0.882. The molecule has 0 aliphatic carbocycles. The van der Waals surface area contributed by atoms with Crippen LogP contribution in [0.15, 0.2) is 0 Å². The van der Waals surface area contributed by atoms with E-state index in [1.807, 2.05) is 11.9 Å². The molecule has 2 aliphatic rings. The Morgan fingerprint density at radius 2 is 2.00 bits per heavy atom. The van der Waals surface area contributed by atoms with Crippen LogP contribution in [0, 0.1) is 5.92 Å². The Balaban J connectivity index is 1.95. The molecule has 2 fully saturated rings. The lowest BCUT2D eigenvalue weighted by atomic mass is 10.0. The van der Waals surface area contributed by atoms with E-state index < -0.39 is 0 Å². The van der Waals surface area contributed by atoms with Crippen molar-refractivity contribution in [1.29, 1.82) is 0 Å². The van der Waals surface area contributed by atoms with Crippen LogP contribution in [0.2, 0.25) is 0 Å². The maximum absolute atomic E-state index is 12.6. The Bertz CT molecular complexity index is 300. The monoisotopic (exact) mass is 267 g/mol. The van der Waals surface area contributed by atoms with Gasteiger partial charge in [0.15, 0.2) is 0 Å². The summed E-state index contributed by atoms with van der Waals surface area (Å²) in [6, 6.07) is 0.761. The van der Waals surface area contributed by atoms with E-state index >= 15 is 0 Å². The molecule has 19 heavy (non-hydrogen) atoms. The second kappa shape index (κ2) is 6.71. The van der Waals surface area contributed by atoms with E-state index in [1.165, 1.54) is 19.3 Å². The van der Waals surface area contributed by atoms with Gasteiger partial charge in [-0.1, -0.05) is 13.8 Å². The molecular formula is C15H29N3O. The van der Waals surface area contributed by atoms with E-state index in [-0.39, 0.29) is 6.04 Å². The van der Waals surface area contributed by atoms with E-state index in [0.29, 0.717) is 17.9 Å². The highest BCUT2D eigenvalue weighted by Crippen LogP contribution is 2.25. The second-order valence-corrected chi connectivity index (χ2v) is 6.49. The maximum Gasteiger partial charge on any atom is 0.239 e. The zero-order chi connectivity index (χ0) is 13.8. The Hall–Kier alpha value is -0.610. The minimum absolute atomic E-state index is 0.145. The van der Waals surface area contributed by atoms with Crippen LogP contribution >= 0.6 is 0 Å². The zero-order valence-electron chi connectivity index (χ0n) is 12.7. The molecule has 0 aromatic rings. The summed E-state index contributed by atoms with van der Waals surface area (Å²) in [6.45, 7) is 8.52. The number of nitrogens with one attached hydrogen (secondary N) is 1. The smallest absolute Gasteiger partial charge is 0.239 e. The van der Waals surface area contributed by atoms with Crippen LogP contribution in [0.25, 0.3) is 0 Å². The minimum atomic E-state index is 0.145. The van der Waals surface area contributed by atoms with E-state index in [4.69, 9.17) is 0 Å². The van der Waals surface area contributed by atoms with Gasteiger partial charge in [-0.05, 0) is 51.2 Å². The molecule has 0 spiro atoms. The van der Waals surface area contributed by atoms with Crippen LogP contribution in [0.4, 0.5) is 0 Å². The third kappa shape index (κ3) is 3.69. The normalized spacial score (nSPS) is 26.0. The summed E-state index contributed by atoms with van der Waals surface area (Å²) in [7, 11) is 1.96. The minimum Gasteiger partial charge on any atom is -0.344 e. The van der Waals surface area contributed by atoms with Gasteiger partial charge in [-0.25, -0.2) is 0 Å². The maximum atomic E-state index is 12.6. The summed E-state index contributed by atoms with van der Waals surface area (Å²) in [5, 5.41) is 3.41. The van der Waals surface area contributed by atoms with E-state index in [0.717, 1.165) is 32.6 Å². The fourth-order valence-electron chi connectivity index (χ4n) is 3.52. The predicted octanol–water partition coefficient (Wildman–Crippen LogP) is 1.32. The topological polar surface area (TPSA) is 35.6 Å². The molecule has 2 heterocycles. The van der Waals surface area contributed by atoms with Crippen LogP contribution in [0.1, 0.15) is 39.5 Å². The van der Waals surface area contributed by atoms with Crippen molar-refractivity contribution >= 4 is 5.91 Å². The Morgan fingerprint density at radius 3 is 2.63 bits per heavy atom. The molecule has 1 amide bonds. The zero-order valence-corrected chi connectivity index (χ0v) is 12.7. The van der Waals surface area contributed by atoms with Gasteiger partial charge in [0.2, 0.25) is 5.91 Å². The highest BCUT2D eigenvalue weighted by Gasteiger charge is 2.36. The van der Waals surface area contributed by atoms with E-state index in [2.05, 4.69) is 24.1 Å². The molecule has 4 nitrogen and oxygen atoms in total. The first kappa shape index (κ1) is 14.8. The first-order valence-corrected chi connectivity index (χ1v) is 7.81. The van der Waals surface area contributed by atoms with Gasteiger partial charge in [0.25, 0.3) is 0 Å². The number of likely N-dealkylation sites (tertiary alicyclic amines) is 1. The molecule has 0 aromatic carbocycles. The molecule has 0 aromatic heterocycles. The van der Waals surface area contributed by atoms with Crippen LogP contribution < -0.4 is 5.32 Å². The highest BCUT2D eigenvalue weighted by atomic mass is 16.2. The fraction of sp³-hybridized carbons (Fsp3) is 0.933. The molecule has 0 radical (unpaired) electrons. The number of rotatable bonds is 4. The first-order chi connectivity index (χ1) is 9.09. The SMILES string of the molecule is CC(C)CN(C)C(=O)C1CCCN1C1CCNCC1. The van der Waals surface area contributed by atoms with E-state index in [1.54, 1.807) is 0 Å². The van der Waals surface area contributed by atoms with Crippen molar-refractivity contribution in [2.45, 2.75) is 51.6 Å². The van der Waals surface area contributed by atoms with Crippen molar-refractivity contribution < 1.29 is 4.79 Å². The molecule has 2 aliphatic heterocycles. The summed E-state index contributed by atoms with van der Waals surface area (Å²) in [4.78, 5) is 17.0. The van der Waals surface area contributed by atoms with Crippen molar-refractivity contribution in [3.63, 3.8) is 0 Å². The average molecular weight is 267 g/mol. The molecule has 1 atom stereocenters. The van der Waals surface area contributed by atoms with Gasteiger partial charge in [0, 0.05) is 19.6 Å². The highest BCUT2D eigenvalue weighted by molar-refractivity contribution is 5.82. The molecule has 0 saturated carbocycles.